The number of hydrogen-bond donors (Lipinski definition) is 0. The Kier molecular flexibility index (Phi) is 5.23. The number of likely N-dealkylation sites (tertiary alicyclic amines) is 1. The molecule has 1 aromatic rings. The molecule has 0 saturated carbocycles. The van der Waals surface area contributed by atoms with Crippen molar-refractivity contribution in [1.29, 1.82) is 0 Å². The Bertz CT molecular complexity index is 402. The van der Waals surface area contributed by atoms with Gasteiger partial charge >= 0.3 is 0 Å². The molecule has 1 fully saturated rings. The van der Waals surface area contributed by atoms with E-state index in [0.717, 1.165) is 32.5 Å². The molecule has 2 rings (SSSR count). The number of hydrogen-bond acceptors (Lipinski definition) is 2. The Morgan fingerprint density at radius 2 is 1.95 bits per heavy atom. The standard InChI is InChI=1S/C15H21ClN2O/c1-17(12-13-5-3-2-4-6-13)14-7-9-18(10-8-14)15(19)11-16/h2-6,14H,7-12H2,1H3. The molecule has 0 aliphatic carbocycles. The minimum Gasteiger partial charge on any atom is -0.342 e. The van der Waals surface area contributed by atoms with Crippen LogP contribution in [0.25, 0.3) is 0 Å². The van der Waals surface area contributed by atoms with Crippen LogP contribution in [0.5, 0.6) is 0 Å². The van der Waals surface area contributed by atoms with E-state index in [1.54, 1.807) is 0 Å². The van der Waals surface area contributed by atoms with Crippen molar-refractivity contribution in [3.05, 3.63) is 35.9 Å². The first-order chi connectivity index (χ1) is 9.20. The van der Waals surface area contributed by atoms with Crippen molar-refractivity contribution < 1.29 is 4.79 Å². The van der Waals surface area contributed by atoms with Crippen molar-refractivity contribution >= 4 is 17.5 Å². The number of carbonyl (C=O) groups excluding carboxylic acids is 1. The van der Waals surface area contributed by atoms with Crippen LogP contribution in [0.2, 0.25) is 0 Å². The highest BCUT2D eigenvalue weighted by Gasteiger charge is 2.24. The van der Waals surface area contributed by atoms with Crippen LogP contribution in [0.15, 0.2) is 30.3 Å². The van der Waals surface area contributed by atoms with Crippen LogP contribution in [0.4, 0.5) is 0 Å². The monoisotopic (exact) mass is 280 g/mol. The molecule has 0 radical (unpaired) electrons. The Morgan fingerprint density at radius 1 is 1.32 bits per heavy atom. The predicted molar refractivity (Wildman–Crippen MR) is 78.2 cm³/mol. The molecular weight excluding hydrogens is 260 g/mol. The van der Waals surface area contributed by atoms with Crippen molar-refractivity contribution in [3.63, 3.8) is 0 Å². The van der Waals surface area contributed by atoms with Gasteiger partial charge in [-0.2, -0.15) is 0 Å². The lowest BCUT2D eigenvalue weighted by Gasteiger charge is -2.36. The third-order valence-corrected chi connectivity index (χ3v) is 4.06. The van der Waals surface area contributed by atoms with Gasteiger partial charge in [-0.3, -0.25) is 9.69 Å². The Labute approximate surface area is 120 Å². The van der Waals surface area contributed by atoms with E-state index in [1.165, 1.54) is 5.56 Å². The van der Waals surface area contributed by atoms with Crippen molar-refractivity contribution in [2.75, 3.05) is 26.0 Å². The summed E-state index contributed by atoms with van der Waals surface area (Å²) in [6, 6.07) is 11.1. The summed E-state index contributed by atoms with van der Waals surface area (Å²) in [7, 11) is 2.16. The maximum Gasteiger partial charge on any atom is 0.237 e. The van der Waals surface area contributed by atoms with Crippen LogP contribution in [0.1, 0.15) is 18.4 Å². The summed E-state index contributed by atoms with van der Waals surface area (Å²) in [6.07, 6.45) is 2.07. The second-order valence-corrected chi connectivity index (χ2v) is 5.41. The van der Waals surface area contributed by atoms with Crippen LogP contribution < -0.4 is 0 Å². The summed E-state index contributed by atoms with van der Waals surface area (Å²) in [5, 5.41) is 0. The summed E-state index contributed by atoms with van der Waals surface area (Å²) in [5.41, 5.74) is 1.34. The van der Waals surface area contributed by atoms with Gasteiger partial charge in [-0.25, -0.2) is 0 Å². The number of rotatable bonds is 4. The predicted octanol–water partition coefficient (Wildman–Crippen LogP) is 2.35. The summed E-state index contributed by atoms with van der Waals surface area (Å²) in [4.78, 5) is 15.8. The molecule has 1 amide bonds. The van der Waals surface area contributed by atoms with Crippen LogP contribution >= 0.6 is 11.6 Å². The van der Waals surface area contributed by atoms with Gasteiger partial charge in [-0.15, -0.1) is 11.6 Å². The first-order valence-electron chi connectivity index (χ1n) is 6.78. The molecular formula is C15H21ClN2O. The summed E-state index contributed by atoms with van der Waals surface area (Å²) < 4.78 is 0. The van der Waals surface area contributed by atoms with Crippen LogP contribution in [-0.4, -0.2) is 47.8 Å². The van der Waals surface area contributed by atoms with Gasteiger partial charge < -0.3 is 4.90 Å². The molecule has 0 spiro atoms. The highest BCUT2D eigenvalue weighted by Crippen LogP contribution is 2.17. The van der Waals surface area contributed by atoms with E-state index in [-0.39, 0.29) is 11.8 Å². The molecule has 1 aliphatic rings. The SMILES string of the molecule is CN(Cc1ccccc1)C1CCN(C(=O)CCl)CC1. The number of nitrogens with zero attached hydrogens (tertiary/aromatic N) is 2. The Balaban J connectivity index is 1.82. The molecule has 1 aliphatic heterocycles. The molecule has 19 heavy (non-hydrogen) atoms. The van der Waals surface area contributed by atoms with Gasteiger partial charge in [0.15, 0.2) is 0 Å². The van der Waals surface area contributed by atoms with E-state index in [1.807, 2.05) is 11.0 Å². The Hall–Kier alpha value is -1.06. The molecule has 0 bridgehead atoms. The molecule has 0 N–H and O–H groups in total. The van der Waals surface area contributed by atoms with Gasteiger partial charge in [0.25, 0.3) is 0 Å². The van der Waals surface area contributed by atoms with Gasteiger partial charge in [0.2, 0.25) is 5.91 Å². The second-order valence-electron chi connectivity index (χ2n) is 5.15. The highest BCUT2D eigenvalue weighted by molar-refractivity contribution is 6.27. The van der Waals surface area contributed by atoms with Gasteiger partial charge in [0.05, 0.1) is 0 Å². The minimum atomic E-state index is 0.0610. The first kappa shape index (κ1) is 14.4. The van der Waals surface area contributed by atoms with E-state index in [0.29, 0.717) is 6.04 Å². The molecule has 0 aromatic heterocycles. The summed E-state index contributed by atoms with van der Waals surface area (Å²) >= 11 is 5.59. The average molecular weight is 281 g/mol. The van der Waals surface area contributed by atoms with Gasteiger partial charge in [0.1, 0.15) is 5.88 Å². The zero-order valence-electron chi connectivity index (χ0n) is 11.4. The van der Waals surface area contributed by atoms with Gasteiger partial charge in [-0.05, 0) is 25.5 Å². The second kappa shape index (κ2) is 6.92. The normalized spacial score (nSPS) is 16.9. The lowest BCUT2D eigenvalue weighted by Crippen LogP contribution is -2.45. The van der Waals surface area contributed by atoms with Gasteiger partial charge in [-0.1, -0.05) is 30.3 Å². The van der Waals surface area contributed by atoms with E-state index in [4.69, 9.17) is 11.6 Å². The molecule has 4 heteroatoms. The number of carbonyl (C=O) groups is 1. The smallest absolute Gasteiger partial charge is 0.237 e. The zero-order valence-corrected chi connectivity index (χ0v) is 12.1. The number of amides is 1. The number of benzene rings is 1. The number of halogens is 1. The largest absolute Gasteiger partial charge is 0.342 e. The fourth-order valence-electron chi connectivity index (χ4n) is 2.64. The number of piperidine rings is 1. The molecule has 3 nitrogen and oxygen atoms in total. The molecule has 0 atom stereocenters. The molecule has 0 unspecified atom stereocenters. The fraction of sp³-hybridized carbons (Fsp3) is 0.533. The lowest BCUT2D eigenvalue weighted by molar-refractivity contribution is -0.130. The molecule has 1 saturated heterocycles. The Morgan fingerprint density at radius 3 is 2.53 bits per heavy atom. The maximum absolute atomic E-state index is 11.5. The summed E-state index contributed by atoms with van der Waals surface area (Å²) in [6.45, 7) is 2.62. The maximum atomic E-state index is 11.5. The molecule has 1 heterocycles. The van der Waals surface area contributed by atoms with Crippen LogP contribution in [-0.2, 0) is 11.3 Å². The van der Waals surface area contributed by atoms with E-state index >= 15 is 0 Å². The minimum absolute atomic E-state index is 0.0610. The zero-order chi connectivity index (χ0) is 13.7. The topological polar surface area (TPSA) is 23.6 Å². The third-order valence-electron chi connectivity index (χ3n) is 3.83. The van der Waals surface area contributed by atoms with Crippen molar-refractivity contribution in [1.82, 2.24) is 9.80 Å². The van der Waals surface area contributed by atoms with Crippen molar-refractivity contribution in [2.45, 2.75) is 25.4 Å². The van der Waals surface area contributed by atoms with E-state index < -0.39 is 0 Å². The highest BCUT2D eigenvalue weighted by atomic mass is 35.5. The van der Waals surface area contributed by atoms with Crippen LogP contribution in [0.3, 0.4) is 0 Å². The fourth-order valence-corrected chi connectivity index (χ4v) is 2.81. The van der Waals surface area contributed by atoms with Gasteiger partial charge in [0, 0.05) is 25.7 Å². The molecule has 104 valence electrons. The van der Waals surface area contributed by atoms with Crippen molar-refractivity contribution in [3.8, 4) is 0 Å². The van der Waals surface area contributed by atoms with Crippen LogP contribution in [0, 0.1) is 0 Å². The number of alkyl halides is 1. The van der Waals surface area contributed by atoms with E-state index in [2.05, 4.69) is 36.2 Å². The lowest BCUT2D eigenvalue weighted by atomic mass is 10.0. The third kappa shape index (κ3) is 3.95. The van der Waals surface area contributed by atoms with Crippen molar-refractivity contribution in [2.24, 2.45) is 0 Å². The first-order valence-corrected chi connectivity index (χ1v) is 7.32. The van der Waals surface area contributed by atoms with E-state index in [9.17, 15) is 4.79 Å². The molecule has 1 aromatic carbocycles. The summed E-state index contributed by atoms with van der Waals surface area (Å²) in [5.74, 6) is 0.163. The average Bonchev–Trinajstić information content (AvgIpc) is 2.47. The quantitative estimate of drug-likeness (QED) is 0.791.